The van der Waals surface area contributed by atoms with Crippen molar-refractivity contribution in [1.82, 2.24) is 19.5 Å². The number of hydrogen-bond donors (Lipinski definition) is 0. The molecule has 6 heteroatoms. The number of rotatable bonds is 5. The second-order valence-corrected chi connectivity index (χ2v) is 6.27. The fourth-order valence-corrected chi connectivity index (χ4v) is 2.94. The second-order valence-electron chi connectivity index (χ2n) is 6.27. The smallest absolute Gasteiger partial charge is 0.225 e. The van der Waals surface area contributed by atoms with Gasteiger partial charge in [0.05, 0.1) is 13.2 Å². The van der Waals surface area contributed by atoms with Gasteiger partial charge in [0.15, 0.2) is 0 Å². The highest BCUT2D eigenvalue weighted by atomic mass is 16.5. The first-order chi connectivity index (χ1) is 10.9. The van der Waals surface area contributed by atoms with E-state index in [9.17, 15) is 0 Å². The predicted octanol–water partition coefficient (Wildman–Crippen LogP) is 1.74. The van der Waals surface area contributed by atoms with Gasteiger partial charge in [-0.05, 0) is 24.8 Å². The molecule has 22 heavy (non-hydrogen) atoms. The number of imidazole rings is 1. The summed E-state index contributed by atoms with van der Waals surface area (Å²) >= 11 is 0. The maximum Gasteiger partial charge on any atom is 0.225 e. The van der Waals surface area contributed by atoms with Crippen molar-refractivity contribution < 1.29 is 4.74 Å². The topological polar surface area (TPSA) is 56.1 Å². The van der Waals surface area contributed by atoms with Gasteiger partial charge in [0.1, 0.15) is 5.82 Å². The van der Waals surface area contributed by atoms with Gasteiger partial charge in [-0.25, -0.2) is 15.0 Å². The SMILES string of the molecule is c1cnc(N2Cc3nccn3CC(COCC3CC3)C2)nc1. The first-order valence-electron chi connectivity index (χ1n) is 7.98. The van der Waals surface area contributed by atoms with Crippen molar-refractivity contribution in [2.45, 2.75) is 25.9 Å². The van der Waals surface area contributed by atoms with Gasteiger partial charge in [-0.3, -0.25) is 0 Å². The highest BCUT2D eigenvalue weighted by Crippen LogP contribution is 2.29. The highest BCUT2D eigenvalue weighted by molar-refractivity contribution is 5.29. The molecular formula is C16H21N5O. The van der Waals surface area contributed by atoms with Gasteiger partial charge < -0.3 is 14.2 Å². The Balaban J connectivity index is 1.49. The summed E-state index contributed by atoms with van der Waals surface area (Å²) in [5.41, 5.74) is 0. The van der Waals surface area contributed by atoms with E-state index in [1.807, 2.05) is 12.3 Å². The lowest BCUT2D eigenvalue weighted by Gasteiger charge is -2.23. The average Bonchev–Trinajstić information content (AvgIpc) is 3.31. The molecule has 116 valence electrons. The molecule has 1 saturated carbocycles. The molecule has 1 aliphatic carbocycles. The van der Waals surface area contributed by atoms with Crippen LogP contribution in [0.15, 0.2) is 30.9 Å². The molecule has 4 rings (SSSR count). The predicted molar refractivity (Wildman–Crippen MR) is 82.3 cm³/mol. The van der Waals surface area contributed by atoms with Crippen LogP contribution in [-0.4, -0.2) is 39.3 Å². The lowest BCUT2D eigenvalue weighted by Crippen LogP contribution is -2.31. The van der Waals surface area contributed by atoms with Crippen molar-refractivity contribution in [3.63, 3.8) is 0 Å². The Morgan fingerprint density at radius 2 is 1.82 bits per heavy atom. The van der Waals surface area contributed by atoms with E-state index >= 15 is 0 Å². The minimum atomic E-state index is 0.429. The van der Waals surface area contributed by atoms with E-state index in [-0.39, 0.29) is 0 Å². The molecule has 1 aliphatic heterocycles. The molecule has 2 aromatic heterocycles. The molecule has 1 unspecified atom stereocenters. The van der Waals surface area contributed by atoms with E-state index < -0.39 is 0 Å². The third-order valence-corrected chi connectivity index (χ3v) is 4.31. The molecule has 0 aromatic carbocycles. The molecule has 0 N–H and O–H groups in total. The van der Waals surface area contributed by atoms with Crippen molar-refractivity contribution in [3.8, 4) is 0 Å². The number of ether oxygens (including phenoxy) is 1. The number of aromatic nitrogens is 4. The van der Waals surface area contributed by atoms with Crippen molar-refractivity contribution in [2.24, 2.45) is 11.8 Å². The first-order valence-corrected chi connectivity index (χ1v) is 7.98. The Labute approximate surface area is 130 Å². The third-order valence-electron chi connectivity index (χ3n) is 4.31. The summed E-state index contributed by atoms with van der Waals surface area (Å²) < 4.78 is 8.16. The minimum Gasteiger partial charge on any atom is -0.381 e. The minimum absolute atomic E-state index is 0.429. The quantitative estimate of drug-likeness (QED) is 0.841. The van der Waals surface area contributed by atoms with Crippen molar-refractivity contribution in [1.29, 1.82) is 0 Å². The molecule has 0 spiro atoms. The van der Waals surface area contributed by atoms with Crippen LogP contribution in [0.3, 0.4) is 0 Å². The van der Waals surface area contributed by atoms with Gasteiger partial charge in [-0.15, -0.1) is 0 Å². The van der Waals surface area contributed by atoms with Gasteiger partial charge in [0.25, 0.3) is 0 Å². The van der Waals surface area contributed by atoms with Crippen LogP contribution in [0.2, 0.25) is 0 Å². The molecule has 0 amide bonds. The maximum absolute atomic E-state index is 5.93. The van der Waals surface area contributed by atoms with Crippen LogP contribution >= 0.6 is 0 Å². The van der Waals surface area contributed by atoms with Gasteiger partial charge in [-0.2, -0.15) is 0 Å². The summed E-state index contributed by atoms with van der Waals surface area (Å²) in [6, 6.07) is 1.85. The molecule has 1 atom stereocenters. The van der Waals surface area contributed by atoms with E-state index in [0.717, 1.165) is 50.5 Å². The zero-order chi connectivity index (χ0) is 14.8. The zero-order valence-electron chi connectivity index (χ0n) is 12.6. The summed E-state index contributed by atoms with van der Waals surface area (Å²) in [4.78, 5) is 15.5. The molecule has 3 heterocycles. The lowest BCUT2D eigenvalue weighted by molar-refractivity contribution is 0.0883. The van der Waals surface area contributed by atoms with E-state index in [2.05, 4.69) is 30.6 Å². The van der Waals surface area contributed by atoms with Crippen molar-refractivity contribution >= 4 is 5.95 Å². The normalized spacial score (nSPS) is 21.5. The molecule has 1 fully saturated rings. The summed E-state index contributed by atoms with van der Waals surface area (Å²) in [5.74, 6) is 3.07. The summed E-state index contributed by atoms with van der Waals surface area (Å²) in [5, 5.41) is 0. The number of nitrogens with zero attached hydrogens (tertiary/aromatic N) is 5. The van der Waals surface area contributed by atoms with Crippen LogP contribution in [0.4, 0.5) is 5.95 Å². The number of anilines is 1. The Hall–Kier alpha value is -1.95. The molecule has 2 aromatic rings. The molecule has 0 radical (unpaired) electrons. The zero-order valence-corrected chi connectivity index (χ0v) is 12.6. The fraction of sp³-hybridized carbons (Fsp3) is 0.562. The van der Waals surface area contributed by atoms with E-state index in [0.29, 0.717) is 5.92 Å². The van der Waals surface area contributed by atoms with Gasteiger partial charge in [0.2, 0.25) is 5.95 Å². The van der Waals surface area contributed by atoms with Crippen LogP contribution in [0, 0.1) is 11.8 Å². The van der Waals surface area contributed by atoms with E-state index in [1.165, 1.54) is 12.8 Å². The number of hydrogen-bond acceptors (Lipinski definition) is 5. The van der Waals surface area contributed by atoms with Crippen LogP contribution in [0.5, 0.6) is 0 Å². The van der Waals surface area contributed by atoms with Gasteiger partial charge >= 0.3 is 0 Å². The van der Waals surface area contributed by atoms with Crippen molar-refractivity contribution in [2.75, 3.05) is 24.7 Å². The molecule has 6 nitrogen and oxygen atoms in total. The monoisotopic (exact) mass is 299 g/mol. The molecule has 0 saturated heterocycles. The summed E-state index contributed by atoms with van der Waals surface area (Å²) in [7, 11) is 0. The fourth-order valence-electron chi connectivity index (χ4n) is 2.94. The van der Waals surface area contributed by atoms with Gasteiger partial charge in [-0.1, -0.05) is 0 Å². The standard InChI is InChI=1S/C16H21N5O/c1-4-18-16(19-5-1)21-9-14(12-22-11-13-2-3-13)8-20-7-6-17-15(20)10-21/h1,4-7,13-14H,2-3,8-12H2. The highest BCUT2D eigenvalue weighted by Gasteiger charge is 2.26. The number of fused-ring (bicyclic) bond motifs is 1. The summed E-state index contributed by atoms with van der Waals surface area (Å²) in [6.45, 7) is 4.30. The molecular weight excluding hydrogens is 278 g/mol. The van der Waals surface area contributed by atoms with E-state index in [1.54, 1.807) is 12.4 Å². The Morgan fingerprint density at radius 3 is 2.64 bits per heavy atom. The second kappa shape index (κ2) is 6.04. The van der Waals surface area contributed by atoms with Crippen molar-refractivity contribution in [3.05, 3.63) is 36.7 Å². The Morgan fingerprint density at radius 1 is 1.00 bits per heavy atom. The van der Waals surface area contributed by atoms with Crippen LogP contribution in [0.1, 0.15) is 18.7 Å². The third kappa shape index (κ3) is 3.11. The van der Waals surface area contributed by atoms with Crippen LogP contribution in [-0.2, 0) is 17.8 Å². The average molecular weight is 299 g/mol. The maximum atomic E-state index is 5.93. The largest absolute Gasteiger partial charge is 0.381 e. The lowest BCUT2D eigenvalue weighted by atomic mass is 10.1. The van der Waals surface area contributed by atoms with E-state index in [4.69, 9.17) is 4.74 Å². The molecule has 0 bridgehead atoms. The summed E-state index contributed by atoms with van der Waals surface area (Å²) in [6.07, 6.45) is 10.2. The van der Waals surface area contributed by atoms with Gasteiger partial charge in [0, 0.05) is 50.4 Å². The molecule has 2 aliphatic rings. The van der Waals surface area contributed by atoms with Crippen LogP contribution < -0.4 is 4.90 Å². The Kier molecular flexibility index (Phi) is 3.76. The first kappa shape index (κ1) is 13.7. The Bertz CT molecular complexity index is 610. The van der Waals surface area contributed by atoms with Crippen LogP contribution in [0.25, 0.3) is 0 Å².